The summed E-state index contributed by atoms with van der Waals surface area (Å²) in [5, 5.41) is 9.79. The zero-order chi connectivity index (χ0) is 14.9. The smallest absolute Gasteiger partial charge is 0.0761 e. The van der Waals surface area contributed by atoms with Crippen molar-refractivity contribution >= 4 is 22.5 Å². The van der Waals surface area contributed by atoms with Gasteiger partial charge in [-0.05, 0) is 30.2 Å². The molecule has 0 bridgehead atoms. The van der Waals surface area contributed by atoms with Crippen molar-refractivity contribution in [1.82, 2.24) is 24.9 Å². The highest BCUT2D eigenvalue weighted by atomic mass is 35.5. The van der Waals surface area contributed by atoms with Gasteiger partial charge in [0.1, 0.15) is 0 Å². The molecule has 0 amide bonds. The van der Waals surface area contributed by atoms with E-state index < -0.39 is 0 Å². The molecule has 0 spiro atoms. The van der Waals surface area contributed by atoms with E-state index in [1.165, 1.54) is 5.56 Å². The number of halogens is 1. The van der Waals surface area contributed by atoms with E-state index in [2.05, 4.69) is 26.3 Å². The van der Waals surface area contributed by atoms with E-state index in [1.54, 1.807) is 6.20 Å². The molecule has 2 aromatic heterocycles. The van der Waals surface area contributed by atoms with Crippen molar-refractivity contribution in [2.24, 2.45) is 0 Å². The predicted molar refractivity (Wildman–Crippen MR) is 85.7 cm³/mol. The summed E-state index contributed by atoms with van der Waals surface area (Å²) in [6, 6.07) is 8.41. The van der Waals surface area contributed by atoms with Crippen LogP contribution in [0.2, 0.25) is 5.02 Å². The minimum absolute atomic E-state index is 0.411. The molecule has 22 heavy (non-hydrogen) atoms. The lowest BCUT2D eigenvalue weighted by Gasteiger charge is -2.17. The van der Waals surface area contributed by atoms with Crippen molar-refractivity contribution < 1.29 is 0 Å². The topological polar surface area (TPSA) is 46.8 Å². The van der Waals surface area contributed by atoms with Crippen LogP contribution in [0.25, 0.3) is 10.9 Å². The third-order valence-electron chi connectivity index (χ3n) is 4.26. The fourth-order valence-corrected chi connectivity index (χ4v) is 3.36. The second-order valence-electron chi connectivity index (χ2n) is 5.67. The summed E-state index contributed by atoms with van der Waals surface area (Å²) >= 11 is 6.26. The van der Waals surface area contributed by atoms with Crippen molar-refractivity contribution in [3.05, 3.63) is 53.4 Å². The van der Waals surface area contributed by atoms with Gasteiger partial charge in [-0.2, -0.15) is 0 Å². The van der Waals surface area contributed by atoms with Crippen LogP contribution in [0.1, 0.15) is 18.0 Å². The summed E-state index contributed by atoms with van der Waals surface area (Å²) in [6.07, 6.45) is 6.60. The van der Waals surface area contributed by atoms with Gasteiger partial charge in [0.05, 0.1) is 17.8 Å². The van der Waals surface area contributed by atoms with E-state index in [-0.39, 0.29) is 0 Å². The molecule has 5 nitrogen and oxygen atoms in total. The van der Waals surface area contributed by atoms with Crippen LogP contribution >= 0.6 is 11.6 Å². The number of likely N-dealkylation sites (tertiary alicyclic amines) is 1. The minimum atomic E-state index is 0.411. The summed E-state index contributed by atoms with van der Waals surface area (Å²) in [5.74, 6) is 0. The first kappa shape index (κ1) is 13.7. The Hall–Kier alpha value is -1.98. The lowest BCUT2D eigenvalue weighted by Crippen LogP contribution is -2.21. The second kappa shape index (κ2) is 5.66. The highest BCUT2D eigenvalue weighted by molar-refractivity contribution is 6.35. The molecule has 1 atom stereocenters. The van der Waals surface area contributed by atoms with Crippen molar-refractivity contribution in [3.8, 4) is 0 Å². The molecule has 6 heteroatoms. The van der Waals surface area contributed by atoms with Gasteiger partial charge < -0.3 is 0 Å². The van der Waals surface area contributed by atoms with Gasteiger partial charge in [-0.25, -0.2) is 4.68 Å². The lowest BCUT2D eigenvalue weighted by atomic mass is 10.1. The molecule has 1 aliphatic heterocycles. The van der Waals surface area contributed by atoms with Gasteiger partial charge in [0, 0.05) is 42.4 Å². The molecule has 0 radical (unpaired) electrons. The maximum absolute atomic E-state index is 6.26. The van der Waals surface area contributed by atoms with Crippen LogP contribution in [-0.4, -0.2) is 38.0 Å². The van der Waals surface area contributed by atoms with Crippen LogP contribution in [0.15, 0.2) is 42.9 Å². The minimum Gasteiger partial charge on any atom is -0.297 e. The Labute approximate surface area is 133 Å². The van der Waals surface area contributed by atoms with Crippen LogP contribution in [-0.2, 0) is 6.54 Å². The number of hydrogen-bond donors (Lipinski definition) is 0. The second-order valence-corrected chi connectivity index (χ2v) is 6.07. The van der Waals surface area contributed by atoms with Gasteiger partial charge >= 0.3 is 0 Å². The highest BCUT2D eigenvalue weighted by Gasteiger charge is 2.24. The Morgan fingerprint density at radius 2 is 2.18 bits per heavy atom. The number of rotatable bonds is 3. The molecule has 1 saturated heterocycles. The SMILES string of the molecule is Clc1ccc(CN2CCC(n3ccnn3)C2)c2ncccc12. The van der Waals surface area contributed by atoms with E-state index in [0.29, 0.717) is 6.04 Å². The average Bonchev–Trinajstić information content (AvgIpc) is 3.21. The number of fused-ring (bicyclic) bond motifs is 1. The van der Waals surface area contributed by atoms with Crippen molar-refractivity contribution in [1.29, 1.82) is 0 Å². The summed E-state index contributed by atoms with van der Waals surface area (Å²) in [4.78, 5) is 6.95. The van der Waals surface area contributed by atoms with E-state index in [1.807, 2.05) is 35.3 Å². The monoisotopic (exact) mass is 313 g/mol. The normalized spacial score (nSPS) is 19.0. The van der Waals surface area contributed by atoms with Crippen LogP contribution in [0.3, 0.4) is 0 Å². The first-order valence-corrected chi connectivity index (χ1v) is 7.79. The molecule has 112 valence electrons. The Kier molecular flexibility index (Phi) is 3.52. The zero-order valence-electron chi connectivity index (χ0n) is 12.1. The quantitative estimate of drug-likeness (QED) is 0.746. The fraction of sp³-hybridized carbons (Fsp3) is 0.312. The van der Waals surface area contributed by atoms with Crippen molar-refractivity contribution in [3.63, 3.8) is 0 Å². The molecule has 0 saturated carbocycles. The maximum atomic E-state index is 6.26. The molecule has 1 aromatic carbocycles. The van der Waals surface area contributed by atoms with Crippen molar-refractivity contribution in [2.45, 2.75) is 19.0 Å². The van der Waals surface area contributed by atoms with Gasteiger partial charge in [0.2, 0.25) is 0 Å². The Morgan fingerprint density at radius 1 is 1.23 bits per heavy atom. The number of benzene rings is 1. The summed E-state index contributed by atoms with van der Waals surface area (Å²) < 4.78 is 1.96. The predicted octanol–water partition coefficient (Wildman–Crippen LogP) is 2.93. The Morgan fingerprint density at radius 3 is 3.05 bits per heavy atom. The van der Waals surface area contributed by atoms with Gasteiger partial charge in [-0.3, -0.25) is 9.88 Å². The van der Waals surface area contributed by atoms with E-state index in [4.69, 9.17) is 11.6 Å². The lowest BCUT2D eigenvalue weighted by molar-refractivity contribution is 0.311. The van der Waals surface area contributed by atoms with Crippen LogP contribution in [0, 0.1) is 0 Å². The van der Waals surface area contributed by atoms with E-state index in [9.17, 15) is 0 Å². The number of nitrogens with zero attached hydrogens (tertiary/aromatic N) is 5. The van der Waals surface area contributed by atoms with Crippen molar-refractivity contribution in [2.75, 3.05) is 13.1 Å². The first-order valence-electron chi connectivity index (χ1n) is 7.41. The van der Waals surface area contributed by atoms with E-state index >= 15 is 0 Å². The maximum Gasteiger partial charge on any atom is 0.0761 e. The number of aromatic nitrogens is 4. The molecule has 1 aliphatic rings. The van der Waals surface area contributed by atoms with Crippen LogP contribution < -0.4 is 0 Å². The Balaban J connectivity index is 1.56. The molecule has 0 aliphatic carbocycles. The Bertz CT molecular complexity index is 786. The third kappa shape index (κ3) is 2.46. The van der Waals surface area contributed by atoms with Gasteiger partial charge in [0.25, 0.3) is 0 Å². The highest BCUT2D eigenvalue weighted by Crippen LogP contribution is 2.28. The van der Waals surface area contributed by atoms with Crippen LogP contribution in [0.4, 0.5) is 0 Å². The van der Waals surface area contributed by atoms with Gasteiger partial charge in [0.15, 0.2) is 0 Å². The molecule has 4 rings (SSSR count). The average molecular weight is 314 g/mol. The molecular weight excluding hydrogens is 298 g/mol. The molecule has 3 aromatic rings. The largest absolute Gasteiger partial charge is 0.297 e. The fourth-order valence-electron chi connectivity index (χ4n) is 3.15. The number of pyridine rings is 1. The first-order chi connectivity index (χ1) is 10.8. The summed E-state index contributed by atoms with van der Waals surface area (Å²) in [5.41, 5.74) is 2.22. The molecule has 1 fully saturated rings. The summed E-state index contributed by atoms with van der Waals surface area (Å²) in [7, 11) is 0. The van der Waals surface area contributed by atoms with Gasteiger partial charge in [-0.1, -0.05) is 22.9 Å². The molecular formula is C16H16ClN5. The third-order valence-corrected chi connectivity index (χ3v) is 4.59. The standard InChI is InChI=1S/C16H16ClN5/c17-15-4-3-12(16-14(15)2-1-6-18-16)10-21-8-5-13(11-21)22-9-7-19-20-22/h1-4,6-7,9,13H,5,8,10-11H2. The van der Waals surface area contributed by atoms with E-state index in [0.717, 1.165) is 42.0 Å². The number of hydrogen-bond acceptors (Lipinski definition) is 4. The van der Waals surface area contributed by atoms with Gasteiger partial charge in [-0.15, -0.1) is 5.10 Å². The molecule has 1 unspecified atom stereocenters. The molecule has 0 N–H and O–H groups in total. The molecule has 3 heterocycles. The zero-order valence-corrected chi connectivity index (χ0v) is 12.8. The summed E-state index contributed by atoms with van der Waals surface area (Å²) in [6.45, 7) is 2.93. The van der Waals surface area contributed by atoms with Crippen LogP contribution in [0.5, 0.6) is 0 Å².